The van der Waals surface area contributed by atoms with E-state index in [0.717, 1.165) is 31.6 Å². The number of β-amino-alcohol motifs (C(OH)–C–C–N with tert-alkyl or cyclic N) is 1. The van der Waals surface area contributed by atoms with Crippen LogP contribution in [0.5, 0.6) is 0 Å². The van der Waals surface area contributed by atoms with Crippen molar-refractivity contribution in [3.05, 3.63) is 30.3 Å². The van der Waals surface area contributed by atoms with Crippen LogP contribution in [0.4, 0.5) is 10.5 Å². The third-order valence-electron chi connectivity index (χ3n) is 3.60. The predicted octanol–water partition coefficient (Wildman–Crippen LogP) is 1.29. The van der Waals surface area contributed by atoms with Gasteiger partial charge in [0, 0.05) is 38.9 Å². The van der Waals surface area contributed by atoms with Crippen LogP contribution in [0.2, 0.25) is 0 Å². The van der Waals surface area contributed by atoms with Crippen molar-refractivity contribution in [3.8, 4) is 0 Å². The minimum absolute atomic E-state index is 0.0785. The molecule has 0 radical (unpaired) electrons. The van der Waals surface area contributed by atoms with E-state index in [4.69, 9.17) is 0 Å². The number of urea groups is 1. The molecule has 0 aromatic heterocycles. The van der Waals surface area contributed by atoms with E-state index in [1.807, 2.05) is 37.4 Å². The predicted molar refractivity (Wildman–Crippen MR) is 79.9 cm³/mol. The van der Waals surface area contributed by atoms with E-state index in [0.29, 0.717) is 13.1 Å². The van der Waals surface area contributed by atoms with E-state index in [9.17, 15) is 9.90 Å². The molecule has 110 valence electrons. The van der Waals surface area contributed by atoms with Gasteiger partial charge in [0.05, 0.1) is 6.10 Å². The highest BCUT2D eigenvalue weighted by atomic mass is 16.3. The summed E-state index contributed by atoms with van der Waals surface area (Å²) in [5.41, 5.74) is 1.13. The first-order valence-electron chi connectivity index (χ1n) is 7.14. The molecule has 1 atom stereocenters. The molecule has 0 saturated carbocycles. The molecule has 5 heteroatoms. The Kier molecular flexibility index (Phi) is 5.24. The van der Waals surface area contributed by atoms with Crippen molar-refractivity contribution in [2.24, 2.45) is 0 Å². The molecule has 0 spiro atoms. The summed E-state index contributed by atoms with van der Waals surface area (Å²) in [5, 5.41) is 12.5. The second-order valence-electron chi connectivity index (χ2n) is 5.23. The Bertz CT molecular complexity index is 424. The van der Waals surface area contributed by atoms with E-state index in [1.54, 1.807) is 4.90 Å². The van der Waals surface area contributed by atoms with Gasteiger partial charge < -0.3 is 20.2 Å². The van der Waals surface area contributed by atoms with E-state index in [2.05, 4.69) is 10.2 Å². The van der Waals surface area contributed by atoms with Crippen LogP contribution in [-0.2, 0) is 0 Å². The minimum atomic E-state index is -0.374. The molecule has 1 aliphatic rings. The van der Waals surface area contributed by atoms with Crippen molar-refractivity contribution in [2.45, 2.75) is 18.9 Å². The molecule has 0 bridgehead atoms. The number of rotatable bonds is 4. The molecular weight excluding hydrogens is 254 g/mol. The van der Waals surface area contributed by atoms with Gasteiger partial charge in [0.25, 0.3) is 0 Å². The van der Waals surface area contributed by atoms with E-state index in [-0.39, 0.29) is 12.1 Å². The lowest BCUT2D eigenvalue weighted by Gasteiger charge is -2.30. The van der Waals surface area contributed by atoms with Crippen molar-refractivity contribution in [1.82, 2.24) is 10.2 Å². The number of likely N-dealkylation sites (N-methyl/N-ethyl adjacent to an activating group) is 1. The fourth-order valence-electron chi connectivity index (χ4n) is 2.39. The topological polar surface area (TPSA) is 55.8 Å². The Labute approximate surface area is 120 Å². The van der Waals surface area contributed by atoms with Crippen LogP contribution in [0, 0.1) is 0 Å². The van der Waals surface area contributed by atoms with Crippen LogP contribution in [-0.4, -0.2) is 55.4 Å². The monoisotopic (exact) mass is 277 g/mol. The molecule has 2 rings (SSSR count). The van der Waals surface area contributed by atoms with Crippen molar-refractivity contribution >= 4 is 11.7 Å². The Morgan fingerprint density at radius 2 is 2.20 bits per heavy atom. The average molecular weight is 277 g/mol. The molecule has 2 amide bonds. The summed E-state index contributed by atoms with van der Waals surface area (Å²) >= 11 is 0. The first-order valence-corrected chi connectivity index (χ1v) is 7.14. The van der Waals surface area contributed by atoms with Gasteiger partial charge in [-0.05, 0) is 25.0 Å². The molecule has 1 aromatic carbocycles. The van der Waals surface area contributed by atoms with E-state index >= 15 is 0 Å². The molecule has 0 aliphatic carbocycles. The standard InChI is InChI=1S/C15H23N3O2/c1-17(13-6-3-2-4-7-13)11-9-16-15(20)18-10-5-8-14(19)12-18/h2-4,6-7,14,19H,5,8-12H2,1H3,(H,16,20). The fraction of sp³-hybridized carbons (Fsp3) is 0.533. The molecule has 1 saturated heterocycles. The van der Waals surface area contributed by atoms with Crippen LogP contribution in [0.1, 0.15) is 12.8 Å². The zero-order valence-electron chi connectivity index (χ0n) is 12.0. The number of benzene rings is 1. The quantitative estimate of drug-likeness (QED) is 0.872. The smallest absolute Gasteiger partial charge is 0.317 e. The van der Waals surface area contributed by atoms with Gasteiger partial charge in [-0.2, -0.15) is 0 Å². The number of carbonyl (C=O) groups is 1. The largest absolute Gasteiger partial charge is 0.391 e. The number of likely N-dealkylation sites (tertiary alicyclic amines) is 1. The lowest BCUT2D eigenvalue weighted by Crippen LogP contribution is -2.48. The highest BCUT2D eigenvalue weighted by Gasteiger charge is 2.21. The van der Waals surface area contributed by atoms with Crippen LogP contribution < -0.4 is 10.2 Å². The maximum absolute atomic E-state index is 11.9. The van der Waals surface area contributed by atoms with Crippen LogP contribution >= 0.6 is 0 Å². The summed E-state index contributed by atoms with van der Waals surface area (Å²) in [4.78, 5) is 15.7. The van der Waals surface area contributed by atoms with Crippen LogP contribution in [0.15, 0.2) is 30.3 Å². The first kappa shape index (κ1) is 14.7. The van der Waals surface area contributed by atoms with Crippen molar-refractivity contribution in [3.63, 3.8) is 0 Å². The summed E-state index contributed by atoms with van der Waals surface area (Å²) in [5.74, 6) is 0. The number of nitrogens with zero attached hydrogens (tertiary/aromatic N) is 2. The van der Waals surface area contributed by atoms with Crippen LogP contribution in [0.25, 0.3) is 0 Å². The van der Waals surface area contributed by atoms with Crippen molar-refractivity contribution < 1.29 is 9.90 Å². The van der Waals surface area contributed by atoms with E-state index < -0.39 is 0 Å². The van der Waals surface area contributed by atoms with Gasteiger partial charge in [-0.1, -0.05) is 18.2 Å². The van der Waals surface area contributed by atoms with Gasteiger partial charge in [-0.3, -0.25) is 0 Å². The lowest BCUT2D eigenvalue weighted by atomic mass is 10.1. The summed E-state index contributed by atoms with van der Waals surface area (Å²) < 4.78 is 0. The lowest BCUT2D eigenvalue weighted by molar-refractivity contribution is 0.0844. The second kappa shape index (κ2) is 7.14. The number of nitrogens with one attached hydrogen (secondary N) is 1. The summed E-state index contributed by atoms with van der Waals surface area (Å²) in [6.07, 6.45) is 1.29. The molecule has 1 aliphatic heterocycles. The molecule has 20 heavy (non-hydrogen) atoms. The molecular formula is C15H23N3O2. The van der Waals surface area contributed by atoms with Crippen molar-refractivity contribution in [2.75, 3.05) is 38.1 Å². The van der Waals surface area contributed by atoms with Gasteiger partial charge in [-0.15, -0.1) is 0 Å². The number of para-hydroxylation sites is 1. The Morgan fingerprint density at radius 1 is 1.45 bits per heavy atom. The highest BCUT2D eigenvalue weighted by molar-refractivity contribution is 5.74. The van der Waals surface area contributed by atoms with Gasteiger partial charge in [0.2, 0.25) is 0 Å². The fourth-order valence-corrected chi connectivity index (χ4v) is 2.39. The second-order valence-corrected chi connectivity index (χ2v) is 5.23. The van der Waals surface area contributed by atoms with Gasteiger partial charge in [-0.25, -0.2) is 4.79 Å². The number of piperidine rings is 1. The van der Waals surface area contributed by atoms with E-state index in [1.165, 1.54) is 0 Å². The summed E-state index contributed by atoms with van der Waals surface area (Å²) in [6.45, 7) is 2.53. The SMILES string of the molecule is CN(CCNC(=O)N1CCCC(O)C1)c1ccccc1. The third-order valence-corrected chi connectivity index (χ3v) is 3.60. The molecule has 1 unspecified atom stereocenters. The number of aliphatic hydroxyl groups is 1. The van der Waals surface area contributed by atoms with Gasteiger partial charge in [0.15, 0.2) is 0 Å². The highest BCUT2D eigenvalue weighted by Crippen LogP contribution is 2.11. The Morgan fingerprint density at radius 3 is 2.90 bits per heavy atom. The zero-order chi connectivity index (χ0) is 14.4. The zero-order valence-corrected chi connectivity index (χ0v) is 12.0. The Balaban J connectivity index is 1.71. The number of amides is 2. The van der Waals surface area contributed by atoms with Crippen molar-refractivity contribution in [1.29, 1.82) is 0 Å². The third kappa shape index (κ3) is 4.13. The number of hydrogen-bond acceptors (Lipinski definition) is 3. The first-order chi connectivity index (χ1) is 9.66. The Hall–Kier alpha value is -1.75. The number of hydrogen-bond donors (Lipinski definition) is 2. The number of anilines is 1. The molecule has 1 fully saturated rings. The molecule has 2 N–H and O–H groups in total. The minimum Gasteiger partial charge on any atom is -0.391 e. The molecule has 1 heterocycles. The maximum Gasteiger partial charge on any atom is 0.317 e. The number of carbonyl (C=O) groups excluding carboxylic acids is 1. The number of aliphatic hydroxyl groups excluding tert-OH is 1. The normalized spacial score (nSPS) is 18.7. The maximum atomic E-state index is 11.9. The van der Waals surface area contributed by atoms with Crippen LogP contribution in [0.3, 0.4) is 0 Å². The van der Waals surface area contributed by atoms with Gasteiger partial charge in [0.1, 0.15) is 0 Å². The van der Waals surface area contributed by atoms with Gasteiger partial charge >= 0.3 is 6.03 Å². The summed E-state index contributed by atoms with van der Waals surface area (Å²) in [6, 6.07) is 10.00. The summed E-state index contributed by atoms with van der Waals surface area (Å²) in [7, 11) is 2.01. The molecule has 1 aromatic rings. The average Bonchev–Trinajstić information content (AvgIpc) is 2.48. The molecule has 5 nitrogen and oxygen atoms in total.